The average molecular weight is 403 g/mol. The van der Waals surface area contributed by atoms with Crippen LogP contribution in [0.1, 0.15) is 35.7 Å². The summed E-state index contributed by atoms with van der Waals surface area (Å²) in [5.41, 5.74) is 7.58. The highest BCUT2D eigenvalue weighted by Crippen LogP contribution is 2.39. The molecule has 1 aliphatic carbocycles. The Balaban J connectivity index is 0.00000169. The van der Waals surface area contributed by atoms with Crippen LogP contribution in [0.25, 0.3) is 0 Å². The molecule has 3 rings (SSSR count). The van der Waals surface area contributed by atoms with Gasteiger partial charge in [0, 0.05) is 44.8 Å². The third-order valence-electron chi connectivity index (χ3n) is 5.49. The SMILES string of the molecule is CN1CCN(Cc2cccc(C(=O)NC(C)(CN)C3CC3)c2)CC1.Cl.Cl. The number of hydrogen-bond donors (Lipinski definition) is 2. The standard InChI is InChI=1S/C19H30N4O.2ClH/c1-19(14-20,17-6-7-17)21-18(24)16-5-3-4-15(12-16)13-23-10-8-22(2)9-11-23;;/h3-5,12,17H,6-11,13-14,20H2,1-2H3,(H,21,24);2*1H. The van der Waals surface area contributed by atoms with Crippen molar-refractivity contribution in [3.8, 4) is 0 Å². The summed E-state index contributed by atoms with van der Waals surface area (Å²) in [4.78, 5) is 17.5. The van der Waals surface area contributed by atoms with Crippen molar-refractivity contribution in [2.75, 3.05) is 39.8 Å². The second-order valence-corrected chi connectivity index (χ2v) is 7.63. The van der Waals surface area contributed by atoms with Crippen molar-refractivity contribution in [3.05, 3.63) is 35.4 Å². The monoisotopic (exact) mass is 402 g/mol. The molecule has 0 radical (unpaired) electrons. The van der Waals surface area contributed by atoms with E-state index in [-0.39, 0.29) is 36.3 Å². The zero-order valence-corrected chi connectivity index (χ0v) is 17.4. The highest BCUT2D eigenvalue weighted by Gasteiger charge is 2.41. The predicted molar refractivity (Wildman–Crippen MR) is 111 cm³/mol. The van der Waals surface area contributed by atoms with Crippen LogP contribution in [0.3, 0.4) is 0 Å². The van der Waals surface area contributed by atoms with Gasteiger partial charge in [0.1, 0.15) is 0 Å². The van der Waals surface area contributed by atoms with Gasteiger partial charge in [0.2, 0.25) is 0 Å². The topological polar surface area (TPSA) is 61.6 Å². The Morgan fingerprint density at radius 3 is 2.46 bits per heavy atom. The Bertz CT molecular complexity index is 589. The molecule has 1 unspecified atom stereocenters. The molecule has 2 aliphatic rings. The molecule has 7 heteroatoms. The second kappa shape index (κ2) is 9.90. The second-order valence-electron chi connectivity index (χ2n) is 7.63. The first-order chi connectivity index (χ1) is 11.5. The van der Waals surface area contributed by atoms with Gasteiger partial charge in [-0.3, -0.25) is 9.69 Å². The van der Waals surface area contributed by atoms with Crippen molar-refractivity contribution in [2.45, 2.75) is 31.8 Å². The van der Waals surface area contributed by atoms with Crippen LogP contribution in [0.5, 0.6) is 0 Å². The first-order valence-corrected chi connectivity index (χ1v) is 9.02. The summed E-state index contributed by atoms with van der Waals surface area (Å²) in [6, 6.07) is 8.01. The number of carbonyl (C=O) groups excluding carboxylic acids is 1. The van der Waals surface area contributed by atoms with E-state index in [2.05, 4.69) is 35.2 Å². The van der Waals surface area contributed by atoms with Gasteiger partial charge in [0.05, 0.1) is 5.54 Å². The van der Waals surface area contributed by atoms with Gasteiger partial charge in [-0.15, -0.1) is 24.8 Å². The zero-order chi connectivity index (χ0) is 17.2. The van der Waals surface area contributed by atoms with E-state index in [0.717, 1.165) is 51.1 Å². The number of halogens is 2. The van der Waals surface area contributed by atoms with Crippen LogP contribution in [0, 0.1) is 5.92 Å². The minimum atomic E-state index is -0.273. The van der Waals surface area contributed by atoms with Crippen LogP contribution >= 0.6 is 24.8 Å². The van der Waals surface area contributed by atoms with Crippen molar-refractivity contribution in [1.29, 1.82) is 0 Å². The average Bonchev–Trinajstić information content (AvgIpc) is 3.42. The van der Waals surface area contributed by atoms with E-state index in [1.165, 1.54) is 5.56 Å². The number of nitrogens with zero attached hydrogens (tertiary/aromatic N) is 2. The molecule has 3 N–H and O–H groups in total. The lowest BCUT2D eigenvalue weighted by molar-refractivity contribution is 0.0897. The minimum Gasteiger partial charge on any atom is -0.345 e. The third kappa shape index (κ3) is 5.83. The van der Waals surface area contributed by atoms with Crippen molar-refractivity contribution >= 4 is 30.7 Å². The van der Waals surface area contributed by atoms with Crippen LogP contribution in [0.4, 0.5) is 0 Å². The lowest BCUT2D eigenvalue weighted by Gasteiger charge is -2.32. The summed E-state index contributed by atoms with van der Waals surface area (Å²) in [6.45, 7) is 7.85. The Morgan fingerprint density at radius 2 is 1.88 bits per heavy atom. The first-order valence-electron chi connectivity index (χ1n) is 9.02. The number of hydrogen-bond acceptors (Lipinski definition) is 4. The molecule has 148 valence electrons. The molecule has 1 aromatic rings. The summed E-state index contributed by atoms with van der Waals surface area (Å²) < 4.78 is 0. The highest BCUT2D eigenvalue weighted by molar-refractivity contribution is 5.94. The van der Waals surface area contributed by atoms with Crippen molar-refractivity contribution in [3.63, 3.8) is 0 Å². The smallest absolute Gasteiger partial charge is 0.251 e. The Labute approximate surface area is 169 Å². The normalized spacial score (nSPS) is 20.4. The van der Waals surface area contributed by atoms with E-state index >= 15 is 0 Å². The van der Waals surface area contributed by atoms with Gasteiger partial charge in [-0.25, -0.2) is 0 Å². The lowest BCUT2D eigenvalue weighted by Crippen LogP contribution is -2.53. The first kappa shape index (κ1) is 23.2. The molecule has 1 heterocycles. The number of amides is 1. The molecule has 2 fully saturated rings. The summed E-state index contributed by atoms with van der Waals surface area (Å²) in [5.74, 6) is 0.523. The highest BCUT2D eigenvalue weighted by atomic mass is 35.5. The number of carbonyl (C=O) groups is 1. The maximum absolute atomic E-state index is 12.7. The van der Waals surface area contributed by atoms with E-state index < -0.39 is 0 Å². The number of piperazine rings is 1. The summed E-state index contributed by atoms with van der Waals surface area (Å²) in [6.07, 6.45) is 2.33. The molecule has 0 aromatic heterocycles. The number of rotatable bonds is 6. The van der Waals surface area contributed by atoms with Gasteiger partial charge in [-0.05, 0) is 50.4 Å². The molecular weight excluding hydrogens is 371 g/mol. The summed E-state index contributed by atoms with van der Waals surface area (Å²) in [5, 5.41) is 3.17. The number of benzene rings is 1. The van der Waals surface area contributed by atoms with Crippen molar-refractivity contribution in [1.82, 2.24) is 15.1 Å². The van der Waals surface area contributed by atoms with Gasteiger partial charge in [-0.2, -0.15) is 0 Å². The largest absolute Gasteiger partial charge is 0.345 e. The fourth-order valence-corrected chi connectivity index (χ4v) is 3.45. The lowest BCUT2D eigenvalue weighted by atomic mass is 9.95. The molecule has 1 amide bonds. The molecule has 1 aromatic carbocycles. The Morgan fingerprint density at radius 1 is 1.23 bits per heavy atom. The Kier molecular flexibility index (Phi) is 8.83. The van der Waals surface area contributed by atoms with Crippen LogP contribution in [0.2, 0.25) is 0 Å². The number of likely N-dealkylation sites (N-methyl/N-ethyl adjacent to an activating group) is 1. The van der Waals surface area contributed by atoms with Gasteiger partial charge >= 0.3 is 0 Å². The van der Waals surface area contributed by atoms with Crippen LogP contribution in [0.15, 0.2) is 24.3 Å². The molecule has 1 saturated heterocycles. The zero-order valence-electron chi connectivity index (χ0n) is 15.7. The molecule has 0 spiro atoms. The molecule has 26 heavy (non-hydrogen) atoms. The molecule has 5 nitrogen and oxygen atoms in total. The fraction of sp³-hybridized carbons (Fsp3) is 0.632. The number of nitrogens with two attached hydrogens (primary N) is 1. The van der Waals surface area contributed by atoms with Gasteiger partial charge in [-0.1, -0.05) is 12.1 Å². The maximum Gasteiger partial charge on any atom is 0.251 e. The van der Waals surface area contributed by atoms with Crippen molar-refractivity contribution in [2.24, 2.45) is 11.7 Å². The van der Waals surface area contributed by atoms with Crippen molar-refractivity contribution < 1.29 is 4.79 Å². The summed E-state index contributed by atoms with van der Waals surface area (Å²) >= 11 is 0. The molecular formula is C19H32Cl2N4O. The van der Waals surface area contributed by atoms with Gasteiger partial charge in [0.15, 0.2) is 0 Å². The third-order valence-corrected chi connectivity index (χ3v) is 5.49. The quantitative estimate of drug-likeness (QED) is 0.764. The maximum atomic E-state index is 12.7. The van der Waals surface area contributed by atoms with E-state index in [4.69, 9.17) is 5.73 Å². The fourth-order valence-electron chi connectivity index (χ4n) is 3.45. The molecule has 0 bridgehead atoms. The van der Waals surface area contributed by atoms with E-state index in [1.807, 2.05) is 18.2 Å². The molecule has 1 atom stereocenters. The summed E-state index contributed by atoms with van der Waals surface area (Å²) in [7, 11) is 2.16. The van der Waals surface area contributed by atoms with Crippen LogP contribution in [-0.2, 0) is 6.54 Å². The van der Waals surface area contributed by atoms with Crippen LogP contribution < -0.4 is 11.1 Å². The van der Waals surface area contributed by atoms with Gasteiger partial charge < -0.3 is 16.0 Å². The minimum absolute atomic E-state index is 0. The molecule has 1 saturated carbocycles. The van der Waals surface area contributed by atoms with E-state index in [1.54, 1.807) is 0 Å². The van der Waals surface area contributed by atoms with E-state index in [0.29, 0.717) is 12.5 Å². The van der Waals surface area contributed by atoms with Gasteiger partial charge in [0.25, 0.3) is 5.91 Å². The van der Waals surface area contributed by atoms with E-state index in [9.17, 15) is 4.79 Å². The van der Waals surface area contributed by atoms with Crippen LogP contribution in [-0.4, -0.2) is 61.0 Å². The predicted octanol–water partition coefficient (Wildman–Crippen LogP) is 2.13. The molecule has 1 aliphatic heterocycles. The number of nitrogens with one attached hydrogen (secondary N) is 1. The Hall–Kier alpha value is -0.850.